The minimum atomic E-state index is -4.00. The van der Waals surface area contributed by atoms with Crippen molar-refractivity contribution in [2.24, 2.45) is 0 Å². The molecule has 0 aliphatic carbocycles. The Morgan fingerprint density at radius 2 is 1.74 bits per heavy atom. The standard InChI is InChI=1S/C23H21N3O8S/c1-15-12-18(26(29)30)8-11-21(15)24-22(27)14-34-23(28)16-4-3-5-20(13-16)35(31,32)25-17-6-9-19(33-2)10-7-17/h3-13,25H,14H2,1-2H3,(H,24,27). The fourth-order valence-corrected chi connectivity index (χ4v) is 4.07. The molecular formula is C23H21N3O8S. The molecule has 35 heavy (non-hydrogen) atoms. The first-order chi connectivity index (χ1) is 16.6. The van der Waals surface area contributed by atoms with Gasteiger partial charge in [0.2, 0.25) is 0 Å². The summed E-state index contributed by atoms with van der Waals surface area (Å²) in [6.07, 6.45) is 0. The number of anilines is 2. The van der Waals surface area contributed by atoms with Crippen molar-refractivity contribution in [3.05, 3.63) is 88.0 Å². The molecule has 0 spiro atoms. The monoisotopic (exact) mass is 499 g/mol. The molecule has 0 fully saturated rings. The number of ether oxygens (including phenoxy) is 2. The fourth-order valence-electron chi connectivity index (χ4n) is 2.97. The number of rotatable bonds is 9. The molecule has 0 atom stereocenters. The van der Waals surface area contributed by atoms with E-state index in [1.165, 1.54) is 55.6 Å². The molecular weight excluding hydrogens is 478 g/mol. The number of hydrogen-bond donors (Lipinski definition) is 2. The minimum Gasteiger partial charge on any atom is -0.497 e. The summed E-state index contributed by atoms with van der Waals surface area (Å²) in [5.41, 5.74) is 0.901. The number of sulfonamides is 1. The predicted molar refractivity (Wildman–Crippen MR) is 127 cm³/mol. The summed E-state index contributed by atoms with van der Waals surface area (Å²) in [5, 5.41) is 13.3. The molecule has 0 unspecified atom stereocenters. The fraction of sp³-hybridized carbons (Fsp3) is 0.130. The van der Waals surface area contributed by atoms with Crippen LogP contribution in [-0.4, -0.2) is 38.9 Å². The number of methoxy groups -OCH3 is 1. The first-order valence-corrected chi connectivity index (χ1v) is 11.6. The van der Waals surface area contributed by atoms with Gasteiger partial charge in [0.15, 0.2) is 6.61 Å². The molecule has 0 bridgehead atoms. The number of benzene rings is 3. The predicted octanol–water partition coefficient (Wildman–Crippen LogP) is 3.51. The largest absolute Gasteiger partial charge is 0.497 e. The zero-order valence-electron chi connectivity index (χ0n) is 18.7. The number of nitrogens with one attached hydrogen (secondary N) is 2. The number of hydrogen-bond acceptors (Lipinski definition) is 8. The van der Waals surface area contributed by atoms with Crippen LogP contribution in [-0.2, 0) is 19.6 Å². The van der Waals surface area contributed by atoms with Gasteiger partial charge < -0.3 is 14.8 Å². The number of nitrogens with zero attached hydrogens (tertiary/aromatic N) is 1. The summed E-state index contributed by atoms with van der Waals surface area (Å²) in [5.74, 6) is -1.01. The summed E-state index contributed by atoms with van der Waals surface area (Å²) < 4.78 is 37.8. The van der Waals surface area contributed by atoms with Gasteiger partial charge in [-0.2, -0.15) is 0 Å². The van der Waals surface area contributed by atoms with Gasteiger partial charge in [0.1, 0.15) is 5.75 Å². The highest BCUT2D eigenvalue weighted by Gasteiger charge is 2.18. The van der Waals surface area contributed by atoms with Crippen LogP contribution >= 0.6 is 0 Å². The number of non-ortho nitro benzene ring substituents is 1. The van der Waals surface area contributed by atoms with Crippen LogP contribution in [0, 0.1) is 17.0 Å². The average Bonchev–Trinajstić information content (AvgIpc) is 2.84. The van der Waals surface area contributed by atoms with Crippen LogP contribution in [0.1, 0.15) is 15.9 Å². The van der Waals surface area contributed by atoms with Crippen molar-refractivity contribution in [3.8, 4) is 5.75 Å². The zero-order chi connectivity index (χ0) is 25.6. The second-order valence-electron chi connectivity index (χ2n) is 7.24. The third-order valence-corrected chi connectivity index (χ3v) is 6.13. The number of aryl methyl sites for hydroxylation is 1. The Morgan fingerprint density at radius 1 is 1.03 bits per heavy atom. The summed E-state index contributed by atoms with van der Waals surface area (Å²) in [7, 11) is -2.51. The van der Waals surface area contributed by atoms with Crippen molar-refractivity contribution >= 4 is 39.0 Å². The molecule has 2 N–H and O–H groups in total. The van der Waals surface area contributed by atoms with Crippen LogP contribution in [0.4, 0.5) is 17.1 Å². The molecule has 12 heteroatoms. The van der Waals surface area contributed by atoms with Gasteiger partial charge in [-0.15, -0.1) is 0 Å². The topological polar surface area (TPSA) is 154 Å². The Labute approximate surface area is 200 Å². The Morgan fingerprint density at radius 3 is 2.37 bits per heavy atom. The highest BCUT2D eigenvalue weighted by atomic mass is 32.2. The van der Waals surface area contributed by atoms with E-state index in [1.807, 2.05) is 0 Å². The lowest BCUT2D eigenvalue weighted by molar-refractivity contribution is -0.384. The highest BCUT2D eigenvalue weighted by Crippen LogP contribution is 2.22. The van der Waals surface area contributed by atoms with Crippen molar-refractivity contribution in [2.75, 3.05) is 23.8 Å². The van der Waals surface area contributed by atoms with Gasteiger partial charge in [-0.3, -0.25) is 19.6 Å². The van der Waals surface area contributed by atoms with E-state index < -0.39 is 33.4 Å². The quantitative estimate of drug-likeness (QED) is 0.258. The lowest BCUT2D eigenvalue weighted by atomic mass is 10.2. The minimum absolute atomic E-state index is 0.0677. The highest BCUT2D eigenvalue weighted by molar-refractivity contribution is 7.92. The van der Waals surface area contributed by atoms with Crippen LogP contribution in [0.25, 0.3) is 0 Å². The average molecular weight is 500 g/mol. The van der Waals surface area contributed by atoms with E-state index >= 15 is 0 Å². The first kappa shape index (κ1) is 25.2. The van der Waals surface area contributed by atoms with Crippen molar-refractivity contribution in [2.45, 2.75) is 11.8 Å². The van der Waals surface area contributed by atoms with Gasteiger partial charge in [0.05, 0.1) is 22.5 Å². The third-order valence-electron chi connectivity index (χ3n) is 4.75. The molecule has 0 aliphatic rings. The molecule has 0 aromatic heterocycles. The molecule has 0 radical (unpaired) electrons. The summed E-state index contributed by atoms with van der Waals surface area (Å²) in [6, 6.07) is 15.3. The van der Waals surface area contributed by atoms with E-state index in [1.54, 1.807) is 19.1 Å². The van der Waals surface area contributed by atoms with E-state index in [9.17, 15) is 28.1 Å². The number of nitro benzene ring substituents is 1. The van der Waals surface area contributed by atoms with Crippen LogP contribution in [0.2, 0.25) is 0 Å². The summed E-state index contributed by atoms with van der Waals surface area (Å²) in [4.78, 5) is 34.6. The molecule has 3 aromatic carbocycles. The molecule has 182 valence electrons. The van der Waals surface area contributed by atoms with Crippen LogP contribution in [0.3, 0.4) is 0 Å². The van der Waals surface area contributed by atoms with E-state index in [0.717, 1.165) is 6.07 Å². The molecule has 1 amide bonds. The van der Waals surface area contributed by atoms with Crippen molar-refractivity contribution in [3.63, 3.8) is 0 Å². The van der Waals surface area contributed by atoms with Gasteiger partial charge >= 0.3 is 5.97 Å². The zero-order valence-corrected chi connectivity index (χ0v) is 19.5. The van der Waals surface area contributed by atoms with Gasteiger partial charge in [-0.1, -0.05) is 6.07 Å². The molecule has 0 saturated carbocycles. The second kappa shape index (κ2) is 10.7. The Balaban J connectivity index is 1.63. The maximum atomic E-state index is 12.7. The first-order valence-electron chi connectivity index (χ1n) is 10.1. The van der Waals surface area contributed by atoms with E-state index in [2.05, 4.69) is 10.0 Å². The molecule has 3 aromatic rings. The lowest BCUT2D eigenvalue weighted by Crippen LogP contribution is -2.21. The number of carbonyl (C=O) groups is 2. The van der Waals surface area contributed by atoms with Crippen LogP contribution < -0.4 is 14.8 Å². The van der Waals surface area contributed by atoms with Gasteiger partial charge in [-0.25, -0.2) is 13.2 Å². The Kier molecular flexibility index (Phi) is 7.66. The molecule has 0 heterocycles. The van der Waals surface area contributed by atoms with Crippen molar-refractivity contribution in [1.29, 1.82) is 0 Å². The number of carbonyl (C=O) groups excluding carboxylic acids is 2. The summed E-state index contributed by atoms with van der Waals surface area (Å²) >= 11 is 0. The lowest BCUT2D eigenvalue weighted by Gasteiger charge is -2.11. The maximum absolute atomic E-state index is 12.7. The number of nitro groups is 1. The van der Waals surface area contributed by atoms with Gasteiger partial charge in [0.25, 0.3) is 21.6 Å². The van der Waals surface area contributed by atoms with E-state index in [0.29, 0.717) is 22.7 Å². The maximum Gasteiger partial charge on any atom is 0.338 e. The van der Waals surface area contributed by atoms with Crippen LogP contribution in [0.15, 0.2) is 71.6 Å². The van der Waals surface area contributed by atoms with Crippen molar-refractivity contribution in [1.82, 2.24) is 0 Å². The van der Waals surface area contributed by atoms with Gasteiger partial charge in [0, 0.05) is 23.5 Å². The second-order valence-corrected chi connectivity index (χ2v) is 8.92. The normalized spacial score (nSPS) is 10.8. The molecule has 3 rings (SSSR count). The van der Waals surface area contributed by atoms with E-state index in [4.69, 9.17) is 9.47 Å². The Bertz CT molecular complexity index is 1370. The molecule has 0 aliphatic heterocycles. The van der Waals surface area contributed by atoms with E-state index in [-0.39, 0.29) is 16.1 Å². The molecule has 11 nitrogen and oxygen atoms in total. The Hall–Kier alpha value is -4.45. The number of esters is 1. The smallest absolute Gasteiger partial charge is 0.338 e. The summed E-state index contributed by atoms with van der Waals surface area (Å²) in [6.45, 7) is 0.941. The SMILES string of the molecule is COc1ccc(NS(=O)(=O)c2cccc(C(=O)OCC(=O)Nc3ccc([N+](=O)[O-])cc3C)c2)cc1. The number of amides is 1. The van der Waals surface area contributed by atoms with Crippen molar-refractivity contribution < 1.29 is 32.4 Å². The third kappa shape index (κ3) is 6.54. The van der Waals surface area contributed by atoms with Crippen LogP contribution in [0.5, 0.6) is 5.75 Å². The molecule has 0 saturated heterocycles. The van der Waals surface area contributed by atoms with Gasteiger partial charge in [-0.05, 0) is 61.0 Å².